The third-order valence-corrected chi connectivity index (χ3v) is 3.42. The predicted molar refractivity (Wildman–Crippen MR) is 87.9 cm³/mol. The van der Waals surface area contributed by atoms with Gasteiger partial charge in [-0.05, 0) is 37.6 Å². The maximum absolute atomic E-state index is 11.8. The van der Waals surface area contributed by atoms with Crippen molar-refractivity contribution in [1.29, 1.82) is 5.26 Å². The second-order valence-corrected chi connectivity index (χ2v) is 5.46. The highest BCUT2D eigenvalue weighted by Crippen LogP contribution is 2.13. The molecule has 0 spiro atoms. The van der Waals surface area contributed by atoms with Crippen molar-refractivity contribution in [2.45, 2.75) is 58.4 Å². The largest absolute Gasteiger partial charge is 0.494 e. The van der Waals surface area contributed by atoms with Crippen molar-refractivity contribution in [3.63, 3.8) is 0 Å². The van der Waals surface area contributed by atoms with Crippen LogP contribution in [0.1, 0.15) is 62.7 Å². The molecule has 0 aliphatic carbocycles. The van der Waals surface area contributed by atoms with Gasteiger partial charge in [0.15, 0.2) is 0 Å². The van der Waals surface area contributed by atoms with Gasteiger partial charge in [0.05, 0.1) is 12.7 Å². The number of nitrogens with zero attached hydrogens (tertiary/aromatic N) is 1. The van der Waals surface area contributed by atoms with Crippen LogP contribution in [0.15, 0.2) is 24.3 Å². The van der Waals surface area contributed by atoms with Gasteiger partial charge in [0.1, 0.15) is 11.8 Å². The number of hydrogen-bond donors (Lipinski definition) is 1. The summed E-state index contributed by atoms with van der Waals surface area (Å²) in [6.07, 6.45) is 7.42. The lowest BCUT2D eigenvalue weighted by atomic mass is 10.1. The molecule has 4 nitrogen and oxygen atoms in total. The SMILES string of the molecule is CCCCCCCCOc1ccc(C(=O)N[C@@H](C)C#N)cc1. The Kier molecular flexibility index (Phi) is 8.74. The molecule has 0 bridgehead atoms. The molecule has 0 heterocycles. The Morgan fingerprint density at radius 2 is 1.82 bits per heavy atom. The number of rotatable bonds is 10. The summed E-state index contributed by atoms with van der Waals surface area (Å²) in [6, 6.07) is 8.51. The third-order valence-electron chi connectivity index (χ3n) is 3.42. The minimum absolute atomic E-state index is 0.239. The van der Waals surface area contributed by atoms with Gasteiger partial charge in [0.2, 0.25) is 0 Å². The van der Waals surface area contributed by atoms with Crippen LogP contribution in [-0.4, -0.2) is 18.6 Å². The maximum atomic E-state index is 11.8. The Balaban J connectivity index is 2.27. The summed E-state index contributed by atoms with van der Waals surface area (Å²) in [5.41, 5.74) is 0.536. The summed E-state index contributed by atoms with van der Waals surface area (Å²) in [7, 11) is 0. The molecular formula is C18H26N2O2. The lowest BCUT2D eigenvalue weighted by Gasteiger charge is -2.08. The summed E-state index contributed by atoms with van der Waals surface area (Å²) in [4.78, 5) is 11.8. The van der Waals surface area contributed by atoms with E-state index in [4.69, 9.17) is 10.00 Å². The number of hydrogen-bond acceptors (Lipinski definition) is 3. The van der Waals surface area contributed by atoms with Crippen LogP contribution in [-0.2, 0) is 0 Å². The van der Waals surface area contributed by atoms with E-state index in [1.165, 1.54) is 32.1 Å². The van der Waals surface area contributed by atoms with E-state index in [1.54, 1.807) is 31.2 Å². The van der Waals surface area contributed by atoms with Gasteiger partial charge in [0.25, 0.3) is 5.91 Å². The summed E-state index contributed by atoms with van der Waals surface area (Å²) in [5, 5.41) is 11.3. The highest BCUT2D eigenvalue weighted by Gasteiger charge is 2.08. The number of carbonyl (C=O) groups is 1. The highest BCUT2D eigenvalue weighted by atomic mass is 16.5. The molecule has 0 unspecified atom stereocenters. The molecule has 0 aliphatic heterocycles. The van der Waals surface area contributed by atoms with Crippen LogP contribution in [0.2, 0.25) is 0 Å². The van der Waals surface area contributed by atoms with Crippen molar-refractivity contribution in [3.8, 4) is 11.8 Å². The van der Waals surface area contributed by atoms with Crippen molar-refractivity contribution >= 4 is 5.91 Å². The fourth-order valence-corrected chi connectivity index (χ4v) is 2.09. The number of carbonyl (C=O) groups excluding carboxylic acids is 1. The zero-order chi connectivity index (χ0) is 16.2. The second-order valence-electron chi connectivity index (χ2n) is 5.46. The number of nitriles is 1. The average molecular weight is 302 g/mol. The van der Waals surface area contributed by atoms with Gasteiger partial charge in [-0.15, -0.1) is 0 Å². The molecule has 0 aliphatic rings. The first-order valence-electron chi connectivity index (χ1n) is 8.10. The first kappa shape index (κ1) is 18.0. The number of ether oxygens (including phenoxy) is 1. The van der Waals surface area contributed by atoms with Crippen LogP contribution >= 0.6 is 0 Å². The van der Waals surface area contributed by atoms with E-state index in [0.29, 0.717) is 12.2 Å². The Hall–Kier alpha value is -2.02. The van der Waals surface area contributed by atoms with Crippen molar-refractivity contribution < 1.29 is 9.53 Å². The fraction of sp³-hybridized carbons (Fsp3) is 0.556. The van der Waals surface area contributed by atoms with E-state index in [2.05, 4.69) is 12.2 Å². The molecule has 1 amide bonds. The molecule has 120 valence electrons. The van der Waals surface area contributed by atoms with Gasteiger partial charge in [-0.1, -0.05) is 39.0 Å². The summed E-state index contributed by atoms with van der Waals surface area (Å²) in [5.74, 6) is 0.537. The third kappa shape index (κ3) is 7.12. The molecule has 4 heteroatoms. The molecular weight excluding hydrogens is 276 g/mol. The lowest BCUT2D eigenvalue weighted by molar-refractivity contribution is 0.0948. The maximum Gasteiger partial charge on any atom is 0.252 e. The van der Waals surface area contributed by atoms with Gasteiger partial charge >= 0.3 is 0 Å². The standard InChI is InChI=1S/C18H26N2O2/c1-3-4-5-6-7-8-13-22-17-11-9-16(10-12-17)18(21)20-15(2)14-19/h9-12,15H,3-8,13H2,1-2H3,(H,20,21)/t15-/m0/s1. The van der Waals surface area contributed by atoms with Crippen LogP contribution in [0.5, 0.6) is 5.75 Å². The van der Waals surface area contributed by atoms with Crippen LogP contribution < -0.4 is 10.1 Å². The molecule has 0 saturated heterocycles. The van der Waals surface area contributed by atoms with Gasteiger partial charge in [-0.25, -0.2) is 0 Å². The first-order valence-corrected chi connectivity index (χ1v) is 8.10. The predicted octanol–water partition coefficient (Wildman–Crippen LogP) is 4.07. The van der Waals surface area contributed by atoms with Crippen molar-refractivity contribution in [3.05, 3.63) is 29.8 Å². The van der Waals surface area contributed by atoms with Gasteiger partial charge < -0.3 is 10.1 Å². The smallest absolute Gasteiger partial charge is 0.252 e. The molecule has 1 N–H and O–H groups in total. The van der Waals surface area contributed by atoms with Crippen LogP contribution in [0.3, 0.4) is 0 Å². The van der Waals surface area contributed by atoms with E-state index >= 15 is 0 Å². The van der Waals surface area contributed by atoms with Gasteiger partial charge in [-0.3, -0.25) is 4.79 Å². The molecule has 0 aromatic heterocycles. The Morgan fingerprint density at radius 3 is 2.45 bits per heavy atom. The molecule has 22 heavy (non-hydrogen) atoms. The van der Waals surface area contributed by atoms with E-state index in [0.717, 1.165) is 12.2 Å². The van der Waals surface area contributed by atoms with E-state index in [-0.39, 0.29) is 5.91 Å². The number of amides is 1. The Morgan fingerprint density at radius 1 is 1.18 bits per heavy atom. The minimum atomic E-state index is -0.490. The van der Waals surface area contributed by atoms with Crippen molar-refractivity contribution in [2.24, 2.45) is 0 Å². The zero-order valence-electron chi connectivity index (χ0n) is 13.6. The molecule has 1 rings (SSSR count). The summed E-state index contributed by atoms with van der Waals surface area (Å²) in [6.45, 7) is 4.58. The molecule has 1 aromatic carbocycles. The number of unbranched alkanes of at least 4 members (excludes halogenated alkanes) is 5. The van der Waals surface area contributed by atoms with Crippen molar-refractivity contribution in [2.75, 3.05) is 6.61 Å². The van der Waals surface area contributed by atoms with Crippen LogP contribution in [0.25, 0.3) is 0 Å². The molecule has 0 fully saturated rings. The van der Waals surface area contributed by atoms with E-state index < -0.39 is 6.04 Å². The van der Waals surface area contributed by atoms with E-state index in [9.17, 15) is 4.79 Å². The number of nitrogens with one attached hydrogen (secondary N) is 1. The van der Waals surface area contributed by atoms with Crippen LogP contribution in [0.4, 0.5) is 0 Å². The lowest BCUT2D eigenvalue weighted by Crippen LogP contribution is -2.31. The van der Waals surface area contributed by atoms with Gasteiger partial charge in [-0.2, -0.15) is 5.26 Å². The Bertz CT molecular complexity index is 477. The molecule has 1 aromatic rings. The Labute approximate surface area is 133 Å². The normalized spacial score (nSPS) is 11.5. The minimum Gasteiger partial charge on any atom is -0.494 e. The monoisotopic (exact) mass is 302 g/mol. The highest BCUT2D eigenvalue weighted by molar-refractivity contribution is 5.94. The molecule has 1 atom stereocenters. The fourth-order valence-electron chi connectivity index (χ4n) is 2.09. The number of benzene rings is 1. The zero-order valence-corrected chi connectivity index (χ0v) is 13.6. The second kappa shape index (κ2) is 10.7. The topological polar surface area (TPSA) is 62.1 Å². The summed E-state index contributed by atoms with van der Waals surface area (Å²) < 4.78 is 5.67. The first-order chi connectivity index (χ1) is 10.7. The van der Waals surface area contributed by atoms with Crippen LogP contribution in [0, 0.1) is 11.3 Å². The summed E-state index contributed by atoms with van der Waals surface area (Å²) >= 11 is 0. The molecule has 0 radical (unpaired) electrons. The van der Waals surface area contributed by atoms with Gasteiger partial charge in [0, 0.05) is 5.56 Å². The quantitative estimate of drug-likeness (QED) is 0.663. The average Bonchev–Trinajstić information content (AvgIpc) is 2.54. The molecule has 0 saturated carbocycles. The van der Waals surface area contributed by atoms with E-state index in [1.807, 2.05) is 6.07 Å². The van der Waals surface area contributed by atoms with Crippen molar-refractivity contribution in [1.82, 2.24) is 5.32 Å².